The minimum Gasteiger partial charge on any atom is -0.488 e. The summed E-state index contributed by atoms with van der Waals surface area (Å²) in [6.07, 6.45) is -1.47. The van der Waals surface area contributed by atoms with Gasteiger partial charge in [-0.3, -0.25) is 9.48 Å². The third kappa shape index (κ3) is 4.37. The lowest BCUT2D eigenvalue weighted by molar-refractivity contribution is -0.137. The molecular weight excluding hydrogens is 473 g/mol. The molecule has 36 heavy (non-hydrogen) atoms. The van der Waals surface area contributed by atoms with Crippen molar-refractivity contribution >= 4 is 22.5 Å². The SMILES string of the molecule is CNCCn1ncc2c1C(=O)N(c1ccc(-c3ncc4cc(C(F)(F)F)ccc4n3)cc1C)CCO2. The Morgan fingerprint density at radius 1 is 1.14 bits per heavy atom. The topological polar surface area (TPSA) is 85.2 Å². The van der Waals surface area contributed by atoms with Crippen LogP contribution < -0.4 is 15.0 Å². The third-order valence-electron chi connectivity index (χ3n) is 6.05. The van der Waals surface area contributed by atoms with Gasteiger partial charge in [-0.15, -0.1) is 0 Å². The molecule has 2 aromatic carbocycles. The highest BCUT2D eigenvalue weighted by molar-refractivity contribution is 6.07. The molecule has 1 N–H and O–H groups in total. The summed E-state index contributed by atoms with van der Waals surface area (Å²) in [6, 6.07) is 8.87. The van der Waals surface area contributed by atoms with Gasteiger partial charge >= 0.3 is 6.18 Å². The molecule has 0 spiro atoms. The van der Waals surface area contributed by atoms with E-state index in [1.165, 1.54) is 12.3 Å². The molecule has 1 amide bonds. The van der Waals surface area contributed by atoms with Gasteiger partial charge in [0, 0.05) is 29.4 Å². The highest BCUT2D eigenvalue weighted by Crippen LogP contribution is 2.33. The summed E-state index contributed by atoms with van der Waals surface area (Å²) in [5.41, 5.74) is 2.31. The maximum atomic E-state index is 13.5. The third-order valence-corrected chi connectivity index (χ3v) is 6.05. The van der Waals surface area contributed by atoms with Crippen LogP contribution in [0.2, 0.25) is 0 Å². The molecule has 0 saturated carbocycles. The zero-order valence-corrected chi connectivity index (χ0v) is 19.6. The van der Waals surface area contributed by atoms with E-state index < -0.39 is 11.7 Å². The first-order chi connectivity index (χ1) is 17.3. The minimum absolute atomic E-state index is 0.200. The normalized spacial score (nSPS) is 14.0. The van der Waals surface area contributed by atoms with E-state index in [-0.39, 0.29) is 5.91 Å². The highest BCUT2D eigenvalue weighted by atomic mass is 19.4. The van der Waals surface area contributed by atoms with E-state index in [0.29, 0.717) is 60.0 Å². The van der Waals surface area contributed by atoms with E-state index in [4.69, 9.17) is 4.74 Å². The predicted molar refractivity (Wildman–Crippen MR) is 128 cm³/mol. The fourth-order valence-electron chi connectivity index (χ4n) is 4.23. The lowest BCUT2D eigenvalue weighted by atomic mass is 10.1. The van der Waals surface area contributed by atoms with Crippen LogP contribution in [0.1, 0.15) is 21.6 Å². The smallest absolute Gasteiger partial charge is 0.416 e. The molecule has 0 radical (unpaired) electrons. The first-order valence-corrected chi connectivity index (χ1v) is 11.4. The van der Waals surface area contributed by atoms with Gasteiger partial charge in [-0.1, -0.05) is 0 Å². The van der Waals surface area contributed by atoms with Gasteiger partial charge in [-0.2, -0.15) is 18.3 Å². The van der Waals surface area contributed by atoms with Crippen LogP contribution >= 0.6 is 0 Å². The Labute approximate surface area is 204 Å². The number of aromatic nitrogens is 4. The Morgan fingerprint density at radius 3 is 2.72 bits per heavy atom. The molecule has 8 nitrogen and oxygen atoms in total. The standard InChI is InChI=1S/C25H23F3N6O2/c1-15-11-16(23-30-13-17-12-18(25(26,27)28)4-5-19(17)32-23)3-6-20(15)33-9-10-36-21-14-31-34(8-7-29-2)22(21)24(33)35/h3-6,11-14,29H,7-10H2,1-2H3. The van der Waals surface area contributed by atoms with Crippen molar-refractivity contribution in [1.82, 2.24) is 25.1 Å². The van der Waals surface area contributed by atoms with Crippen LogP contribution in [0.5, 0.6) is 5.75 Å². The number of benzene rings is 2. The Bertz CT molecular complexity index is 1450. The number of carbonyl (C=O) groups excluding carboxylic acids is 1. The average molecular weight is 496 g/mol. The zero-order valence-electron chi connectivity index (χ0n) is 19.6. The number of rotatable bonds is 5. The maximum absolute atomic E-state index is 13.5. The fraction of sp³-hybridized carbons (Fsp3) is 0.280. The number of fused-ring (bicyclic) bond motifs is 2. The number of nitrogens with zero attached hydrogens (tertiary/aromatic N) is 5. The first-order valence-electron chi connectivity index (χ1n) is 11.4. The van der Waals surface area contributed by atoms with Gasteiger partial charge in [0.1, 0.15) is 6.61 Å². The van der Waals surface area contributed by atoms with Crippen molar-refractivity contribution in [1.29, 1.82) is 0 Å². The van der Waals surface area contributed by atoms with Crippen molar-refractivity contribution in [2.45, 2.75) is 19.6 Å². The predicted octanol–water partition coefficient (Wildman–Crippen LogP) is 4.08. The number of halogens is 3. The quantitative estimate of drug-likeness (QED) is 0.448. The number of hydrogen-bond donors (Lipinski definition) is 1. The van der Waals surface area contributed by atoms with Crippen molar-refractivity contribution in [3.8, 4) is 17.1 Å². The Hall–Kier alpha value is -3.99. The van der Waals surface area contributed by atoms with E-state index >= 15 is 0 Å². The molecule has 11 heteroatoms. The Balaban J connectivity index is 1.45. The number of hydrogen-bond acceptors (Lipinski definition) is 6. The summed E-state index contributed by atoms with van der Waals surface area (Å²) >= 11 is 0. The van der Waals surface area contributed by atoms with Crippen LogP contribution in [0.15, 0.2) is 48.8 Å². The summed E-state index contributed by atoms with van der Waals surface area (Å²) in [7, 11) is 1.83. The van der Waals surface area contributed by atoms with Crippen LogP contribution in [-0.4, -0.2) is 52.4 Å². The highest BCUT2D eigenvalue weighted by Gasteiger charge is 2.31. The number of carbonyl (C=O) groups is 1. The number of likely N-dealkylation sites (N-methyl/N-ethyl adjacent to an activating group) is 1. The van der Waals surface area contributed by atoms with Crippen molar-refractivity contribution in [2.75, 3.05) is 31.6 Å². The van der Waals surface area contributed by atoms with Gasteiger partial charge in [0.25, 0.3) is 5.91 Å². The molecule has 0 atom stereocenters. The fourth-order valence-corrected chi connectivity index (χ4v) is 4.23. The van der Waals surface area contributed by atoms with Gasteiger partial charge in [0.05, 0.1) is 30.4 Å². The summed E-state index contributed by atoms with van der Waals surface area (Å²) in [5.74, 6) is 0.648. The summed E-state index contributed by atoms with van der Waals surface area (Å²) in [4.78, 5) is 23.9. The van der Waals surface area contributed by atoms with Crippen LogP contribution in [0.3, 0.4) is 0 Å². The second-order valence-corrected chi connectivity index (χ2v) is 8.46. The van der Waals surface area contributed by atoms with Crippen LogP contribution in [0, 0.1) is 6.92 Å². The van der Waals surface area contributed by atoms with Crippen LogP contribution in [0.4, 0.5) is 18.9 Å². The van der Waals surface area contributed by atoms with Gasteiger partial charge in [-0.25, -0.2) is 9.97 Å². The molecule has 4 aromatic rings. The number of aryl methyl sites for hydroxylation is 1. The van der Waals surface area contributed by atoms with Crippen molar-refractivity contribution in [3.63, 3.8) is 0 Å². The van der Waals surface area contributed by atoms with Crippen molar-refractivity contribution in [2.24, 2.45) is 0 Å². The molecular formula is C25H23F3N6O2. The largest absolute Gasteiger partial charge is 0.488 e. The molecule has 3 heterocycles. The van der Waals surface area contributed by atoms with Gasteiger partial charge in [-0.05, 0) is 55.9 Å². The lowest BCUT2D eigenvalue weighted by Crippen LogP contribution is -2.34. The van der Waals surface area contributed by atoms with Gasteiger partial charge in [0.15, 0.2) is 17.3 Å². The molecule has 5 rings (SSSR count). The van der Waals surface area contributed by atoms with E-state index in [0.717, 1.165) is 23.4 Å². The molecule has 1 aliphatic rings. The number of amides is 1. The van der Waals surface area contributed by atoms with Crippen molar-refractivity contribution < 1.29 is 22.7 Å². The van der Waals surface area contributed by atoms with E-state index in [1.807, 2.05) is 26.1 Å². The van der Waals surface area contributed by atoms with Gasteiger partial charge < -0.3 is 15.0 Å². The second kappa shape index (κ2) is 9.23. The molecule has 0 unspecified atom stereocenters. The molecule has 0 fully saturated rings. The lowest BCUT2D eigenvalue weighted by Gasteiger charge is -2.23. The zero-order chi connectivity index (χ0) is 25.4. The van der Waals surface area contributed by atoms with E-state index in [9.17, 15) is 18.0 Å². The average Bonchev–Trinajstić information content (AvgIpc) is 3.19. The Kier molecular flexibility index (Phi) is 6.09. The summed E-state index contributed by atoms with van der Waals surface area (Å²) in [6.45, 7) is 3.75. The second-order valence-electron chi connectivity index (χ2n) is 8.46. The maximum Gasteiger partial charge on any atom is 0.416 e. The number of ether oxygens (including phenoxy) is 1. The minimum atomic E-state index is -4.43. The Morgan fingerprint density at radius 2 is 1.97 bits per heavy atom. The van der Waals surface area contributed by atoms with Crippen LogP contribution in [0.25, 0.3) is 22.3 Å². The monoisotopic (exact) mass is 496 g/mol. The summed E-state index contributed by atoms with van der Waals surface area (Å²) < 4.78 is 46.4. The van der Waals surface area contributed by atoms with Crippen molar-refractivity contribution in [3.05, 3.63) is 65.6 Å². The number of alkyl halides is 3. The van der Waals surface area contributed by atoms with Crippen LogP contribution in [-0.2, 0) is 12.7 Å². The number of nitrogens with one attached hydrogen (secondary N) is 1. The van der Waals surface area contributed by atoms with Gasteiger partial charge in [0.2, 0.25) is 0 Å². The van der Waals surface area contributed by atoms with E-state index in [2.05, 4.69) is 20.4 Å². The molecule has 0 saturated heterocycles. The molecule has 0 bridgehead atoms. The van der Waals surface area contributed by atoms with E-state index in [1.54, 1.807) is 21.8 Å². The molecule has 2 aromatic heterocycles. The first kappa shape index (κ1) is 23.7. The number of anilines is 1. The summed E-state index contributed by atoms with van der Waals surface area (Å²) in [5, 5.41) is 7.66. The molecule has 0 aliphatic carbocycles. The molecule has 1 aliphatic heterocycles. The molecule has 186 valence electrons.